The zero-order chi connectivity index (χ0) is 23.5. The van der Waals surface area contributed by atoms with Crippen LogP contribution < -0.4 is 5.73 Å². The molecule has 0 saturated carbocycles. The van der Waals surface area contributed by atoms with E-state index in [0.717, 1.165) is 62.4 Å². The van der Waals surface area contributed by atoms with Gasteiger partial charge in [-0.3, -0.25) is 19.9 Å². The normalized spacial score (nSPS) is 18.9. The summed E-state index contributed by atoms with van der Waals surface area (Å²) in [6.45, 7) is 4.67. The van der Waals surface area contributed by atoms with Crippen LogP contribution >= 0.6 is 0 Å². The van der Waals surface area contributed by atoms with Crippen LogP contribution in [0.3, 0.4) is 0 Å². The predicted molar refractivity (Wildman–Crippen MR) is 137 cm³/mol. The van der Waals surface area contributed by atoms with E-state index in [0.29, 0.717) is 0 Å². The summed E-state index contributed by atoms with van der Waals surface area (Å²) in [6, 6.07) is 22.0. The maximum absolute atomic E-state index is 11.5. The molecule has 2 aliphatic rings. The molecule has 174 valence electrons. The molecule has 3 aromatic carbocycles. The average Bonchev–Trinajstić information content (AvgIpc) is 3.01. The quantitative estimate of drug-likeness (QED) is 0.344. The number of nitro benzene ring substituents is 1. The smallest absolute Gasteiger partial charge is 0.269 e. The molecule has 0 amide bonds. The fraction of sp³-hybridized carbons (Fsp3) is 0.286. The molecule has 0 aromatic heterocycles. The van der Waals surface area contributed by atoms with Gasteiger partial charge in [-0.05, 0) is 52.8 Å². The molecule has 6 heteroatoms. The number of nitro groups is 1. The number of benzene rings is 3. The minimum atomic E-state index is -0.279. The topological polar surface area (TPSA) is 75.6 Å². The number of rotatable bonds is 5. The molecule has 1 fully saturated rings. The number of aryl methyl sites for hydroxylation is 2. The molecule has 0 bridgehead atoms. The summed E-state index contributed by atoms with van der Waals surface area (Å²) in [5, 5.41) is 11.5. The van der Waals surface area contributed by atoms with Gasteiger partial charge >= 0.3 is 0 Å². The Kier molecular flexibility index (Phi) is 6.43. The Hall–Kier alpha value is -3.48. The molecule has 1 unspecified atom stereocenters. The lowest BCUT2D eigenvalue weighted by molar-refractivity contribution is -0.385. The number of fused-ring (bicyclic) bond motifs is 2. The highest BCUT2D eigenvalue weighted by Gasteiger charge is 2.31. The maximum atomic E-state index is 11.5. The zero-order valence-corrected chi connectivity index (χ0v) is 19.3. The van der Waals surface area contributed by atoms with Gasteiger partial charge in [-0.15, -0.1) is 0 Å². The third-order valence-corrected chi connectivity index (χ3v) is 7.00. The average molecular weight is 455 g/mol. The second-order valence-electron chi connectivity index (χ2n) is 9.15. The van der Waals surface area contributed by atoms with Gasteiger partial charge in [-0.1, -0.05) is 54.6 Å². The zero-order valence-electron chi connectivity index (χ0n) is 19.3. The van der Waals surface area contributed by atoms with Crippen molar-refractivity contribution in [3.05, 3.63) is 111 Å². The number of nitrogens with zero attached hydrogens (tertiary/aromatic N) is 3. The molecule has 2 N–H and O–H groups in total. The van der Waals surface area contributed by atoms with E-state index in [1.54, 1.807) is 6.07 Å². The lowest BCUT2D eigenvalue weighted by atomic mass is 9.92. The van der Waals surface area contributed by atoms with Gasteiger partial charge in [0.25, 0.3) is 5.69 Å². The first-order chi connectivity index (χ1) is 16.6. The fourth-order valence-corrected chi connectivity index (χ4v) is 5.24. The SMILES string of the molecule is Nc1cccc(C=CCN2CCN(C3c4ccccc4CCc4ccc([N+](=O)[O-])cc43)CC2)c1. The molecule has 0 spiro atoms. The maximum Gasteiger partial charge on any atom is 0.269 e. The van der Waals surface area contributed by atoms with E-state index in [-0.39, 0.29) is 16.7 Å². The lowest BCUT2D eigenvalue weighted by Gasteiger charge is -2.40. The molecule has 1 atom stereocenters. The molecular formula is C28H30N4O2. The summed E-state index contributed by atoms with van der Waals surface area (Å²) >= 11 is 0. The van der Waals surface area contributed by atoms with Crippen molar-refractivity contribution >= 4 is 17.5 Å². The monoisotopic (exact) mass is 454 g/mol. The highest BCUT2D eigenvalue weighted by Crippen LogP contribution is 2.38. The summed E-state index contributed by atoms with van der Waals surface area (Å²) in [6.07, 6.45) is 6.20. The second kappa shape index (κ2) is 9.79. The van der Waals surface area contributed by atoms with Gasteiger partial charge in [0.05, 0.1) is 11.0 Å². The third-order valence-electron chi connectivity index (χ3n) is 7.00. The first kappa shape index (κ1) is 22.3. The Morgan fingerprint density at radius 1 is 0.912 bits per heavy atom. The molecule has 1 aliphatic heterocycles. The molecule has 6 nitrogen and oxygen atoms in total. The Morgan fingerprint density at radius 2 is 1.68 bits per heavy atom. The van der Waals surface area contributed by atoms with Gasteiger partial charge in [-0.2, -0.15) is 0 Å². The van der Waals surface area contributed by atoms with Gasteiger partial charge in [0.2, 0.25) is 0 Å². The van der Waals surface area contributed by atoms with Gasteiger partial charge in [0, 0.05) is 50.5 Å². The molecule has 5 rings (SSSR count). The second-order valence-corrected chi connectivity index (χ2v) is 9.15. The van der Waals surface area contributed by atoms with Crippen LogP contribution in [0.15, 0.2) is 72.8 Å². The summed E-state index contributed by atoms with van der Waals surface area (Å²) < 4.78 is 0. The van der Waals surface area contributed by atoms with E-state index in [9.17, 15) is 10.1 Å². The van der Waals surface area contributed by atoms with E-state index < -0.39 is 0 Å². The molecule has 1 saturated heterocycles. The summed E-state index contributed by atoms with van der Waals surface area (Å²) in [7, 11) is 0. The first-order valence-corrected chi connectivity index (χ1v) is 11.9. The van der Waals surface area contributed by atoms with Crippen molar-refractivity contribution < 1.29 is 4.92 Å². The fourth-order valence-electron chi connectivity index (χ4n) is 5.24. The molecule has 1 aliphatic carbocycles. The number of nitrogens with two attached hydrogens (primary N) is 1. The number of non-ortho nitro benzene ring substituents is 1. The lowest BCUT2D eigenvalue weighted by Crippen LogP contribution is -2.47. The Bertz CT molecular complexity index is 1210. The number of anilines is 1. The van der Waals surface area contributed by atoms with E-state index in [1.165, 1.54) is 16.7 Å². The number of hydrogen-bond acceptors (Lipinski definition) is 5. The molecule has 34 heavy (non-hydrogen) atoms. The Labute approximate surface area is 200 Å². The van der Waals surface area contributed by atoms with E-state index in [1.807, 2.05) is 30.3 Å². The van der Waals surface area contributed by atoms with Gasteiger partial charge in [-0.25, -0.2) is 0 Å². The molecule has 3 aromatic rings. The minimum Gasteiger partial charge on any atom is -0.399 e. The van der Waals surface area contributed by atoms with Crippen molar-refractivity contribution in [2.45, 2.75) is 18.9 Å². The van der Waals surface area contributed by atoms with Gasteiger partial charge in [0.15, 0.2) is 0 Å². The van der Waals surface area contributed by atoms with Crippen LogP contribution in [-0.4, -0.2) is 47.4 Å². The van der Waals surface area contributed by atoms with Crippen LogP contribution in [-0.2, 0) is 12.8 Å². The van der Waals surface area contributed by atoms with E-state index in [4.69, 9.17) is 5.73 Å². The van der Waals surface area contributed by atoms with Crippen LogP contribution in [0.2, 0.25) is 0 Å². The highest BCUT2D eigenvalue weighted by atomic mass is 16.6. The summed E-state index contributed by atoms with van der Waals surface area (Å²) in [5.74, 6) is 0. The van der Waals surface area contributed by atoms with Crippen LogP contribution in [0.4, 0.5) is 11.4 Å². The van der Waals surface area contributed by atoms with Crippen molar-refractivity contribution in [1.29, 1.82) is 0 Å². The molecular weight excluding hydrogens is 424 g/mol. The third kappa shape index (κ3) is 4.74. The van der Waals surface area contributed by atoms with Crippen molar-refractivity contribution in [2.24, 2.45) is 0 Å². The van der Waals surface area contributed by atoms with Gasteiger partial charge < -0.3 is 5.73 Å². The van der Waals surface area contributed by atoms with Crippen molar-refractivity contribution in [1.82, 2.24) is 9.80 Å². The number of hydrogen-bond donors (Lipinski definition) is 1. The highest BCUT2D eigenvalue weighted by molar-refractivity contribution is 5.55. The van der Waals surface area contributed by atoms with Crippen molar-refractivity contribution in [2.75, 3.05) is 38.5 Å². The van der Waals surface area contributed by atoms with Crippen LogP contribution in [0.25, 0.3) is 6.08 Å². The standard InChI is InChI=1S/C28H30N4O2/c29-24-8-3-5-21(19-24)6-4-14-30-15-17-31(18-16-30)28-26-9-2-1-7-22(26)10-11-23-12-13-25(32(33)34)20-27(23)28/h1-9,12-13,19-20,28H,10-11,14-18,29H2. The van der Waals surface area contributed by atoms with Crippen LogP contribution in [0, 0.1) is 10.1 Å². The predicted octanol–water partition coefficient (Wildman–Crippen LogP) is 4.70. The summed E-state index contributed by atoms with van der Waals surface area (Å²) in [4.78, 5) is 16.2. The van der Waals surface area contributed by atoms with Gasteiger partial charge in [0.1, 0.15) is 0 Å². The summed E-state index contributed by atoms with van der Waals surface area (Å²) in [5.41, 5.74) is 12.9. The Morgan fingerprint density at radius 3 is 2.44 bits per heavy atom. The molecule has 1 heterocycles. The van der Waals surface area contributed by atoms with Crippen molar-refractivity contribution in [3.8, 4) is 0 Å². The Balaban J connectivity index is 1.35. The number of piperazine rings is 1. The largest absolute Gasteiger partial charge is 0.399 e. The molecule has 0 radical (unpaired) electrons. The first-order valence-electron chi connectivity index (χ1n) is 11.9. The van der Waals surface area contributed by atoms with Crippen LogP contribution in [0.5, 0.6) is 0 Å². The van der Waals surface area contributed by atoms with E-state index in [2.05, 4.69) is 52.3 Å². The van der Waals surface area contributed by atoms with E-state index >= 15 is 0 Å². The van der Waals surface area contributed by atoms with Crippen LogP contribution in [0.1, 0.15) is 33.9 Å². The number of nitrogen functional groups attached to an aromatic ring is 1. The van der Waals surface area contributed by atoms with Crippen molar-refractivity contribution in [3.63, 3.8) is 0 Å². The minimum absolute atomic E-state index is 0.0542.